The Kier molecular flexibility index (Phi) is 6.44. The highest BCUT2D eigenvalue weighted by Gasteiger charge is 2.52. The first-order valence-corrected chi connectivity index (χ1v) is 18.2. The molecule has 258 valence electrons. The van der Waals surface area contributed by atoms with E-state index >= 15 is 0 Å². The quantitative estimate of drug-likeness (QED) is 0.182. The molecule has 0 saturated carbocycles. The van der Waals surface area contributed by atoms with Gasteiger partial charge in [-0.15, -0.1) is 0 Å². The number of aromatic nitrogens is 2. The smallest absolute Gasteiger partial charge is 0.137 e. The molecule has 3 aliphatic rings. The summed E-state index contributed by atoms with van der Waals surface area (Å²) in [6.45, 7) is 0.632. The van der Waals surface area contributed by atoms with Crippen molar-refractivity contribution in [2.45, 2.75) is 5.41 Å². The number of anilines is 3. The summed E-state index contributed by atoms with van der Waals surface area (Å²) in [7, 11) is 2.11. The zero-order valence-corrected chi connectivity index (χ0v) is 29.7. The van der Waals surface area contributed by atoms with Gasteiger partial charge in [0.25, 0.3) is 0 Å². The SMILES string of the molecule is CN1CN2c3cc(Oc4ccc5c6ccccc6n(-c6ccccn6)c5c4)ccc3C3(c4cccc1c42)c1c(C#N)cccc1C=Cc1cccc(C#N)c13. The van der Waals surface area contributed by atoms with Gasteiger partial charge in [-0.05, 0) is 88.0 Å². The van der Waals surface area contributed by atoms with E-state index in [4.69, 9.17) is 9.72 Å². The summed E-state index contributed by atoms with van der Waals surface area (Å²) in [4.78, 5) is 9.31. The number of benzene rings is 6. The maximum atomic E-state index is 10.8. The van der Waals surface area contributed by atoms with Gasteiger partial charge >= 0.3 is 0 Å². The van der Waals surface area contributed by atoms with Crippen molar-refractivity contribution >= 4 is 51.0 Å². The third-order valence-electron chi connectivity index (χ3n) is 11.5. The van der Waals surface area contributed by atoms with E-state index in [1.54, 1.807) is 0 Å². The van der Waals surface area contributed by atoms with Gasteiger partial charge in [-0.25, -0.2) is 4.98 Å². The summed E-state index contributed by atoms with van der Waals surface area (Å²) in [5.41, 5.74) is 11.0. The van der Waals surface area contributed by atoms with Crippen molar-refractivity contribution in [3.63, 3.8) is 0 Å². The van der Waals surface area contributed by atoms with Gasteiger partial charge in [0.2, 0.25) is 0 Å². The summed E-state index contributed by atoms with van der Waals surface area (Å²) < 4.78 is 8.98. The van der Waals surface area contributed by atoms with Gasteiger partial charge in [0, 0.05) is 36.1 Å². The minimum Gasteiger partial charge on any atom is -0.457 e. The molecule has 7 heteroatoms. The first kappa shape index (κ1) is 31.0. The molecule has 1 aliphatic carbocycles. The molecule has 0 atom stereocenters. The molecule has 7 nitrogen and oxygen atoms in total. The fourth-order valence-corrected chi connectivity index (χ4v) is 9.41. The number of hydrogen-bond donors (Lipinski definition) is 0. The summed E-state index contributed by atoms with van der Waals surface area (Å²) in [6, 6.07) is 50.2. The average Bonchev–Trinajstić information content (AvgIpc) is 3.70. The fraction of sp³-hybridized carbons (Fsp3) is 0.0625. The highest BCUT2D eigenvalue weighted by Crippen LogP contribution is 2.62. The van der Waals surface area contributed by atoms with Crippen LogP contribution in [0.15, 0.2) is 140 Å². The van der Waals surface area contributed by atoms with E-state index in [1.165, 1.54) is 0 Å². The predicted molar refractivity (Wildman–Crippen MR) is 217 cm³/mol. The summed E-state index contributed by atoms with van der Waals surface area (Å²) >= 11 is 0. The lowest BCUT2D eigenvalue weighted by atomic mass is 9.59. The number of nitrogens with zero attached hydrogens (tertiary/aromatic N) is 6. The third kappa shape index (κ3) is 4.15. The Bertz CT molecular complexity index is 2990. The lowest BCUT2D eigenvalue weighted by Gasteiger charge is -2.46. The summed E-state index contributed by atoms with van der Waals surface area (Å²) in [5, 5.41) is 23.8. The Balaban J connectivity index is 1.16. The Morgan fingerprint density at radius 1 is 0.636 bits per heavy atom. The molecular weight excluding hydrogens is 677 g/mol. The van der Waals surface area contributed by atoms with Crippen molar-refractivity contribution in [1.82, 2.24) is 9.55 Å². The molecule has 0 N–H and O–H groups in total. The summed E-state index contributed by atoms with van der Waals surface area (Å²) in [6.07, 6.45) is 5.99. The van der Waals surface area contributed by atoms with Crippen LogP contribution >= 0.6 is 0 Å². The molecule has 55 heavy (non-hydrogen) atoms. The van der Waals surface area contributed by atoms with Crippen LogP contribution in [-0.2, 0) is 5.41 Å². The van der Waals surface area contributed by atoms with Crippen molar-refractivity contribution in [2.24, 2.45) is 0 Å². The Hall–Kier alpha value is -7.61. The largest absolute Gasteiger partial charge is 0.457 e. The zero-order chi connectivity index (χ0) is 36.8. The molecule has 0 bridgehead atoms. The predicted octanol–water partition coefficient (Wildman–Crippen LogP) is 10.4. The number of hydrogen-bond acceptors (Lipinski definition) is 6. The van der Waals surface area contributed by atoms with Gasteiger partial charge in [-0.1, -0.05) is 78.9 Å². The van der Waals surface area contributed by atoms with Gasteiger partial charge in [0.15, 0.2) is 0 Å². The van der Waals surface area contributed by atoms with Crippen LogP contribution in [-0.4, -0.2) is 23.3 Å². The van der Waals surface area contributed by atoms with Crippen LogP contribution in [0.4, 0.5) is 17.1 Å². The van der Waals surface area contributed by atoms with E-state index in [2.05, 4.69) is 125 Å². The second kappa shape index (κ2) is 11.4. The maximum absolute atomic E-state index is 10.8. The second-order valence-corrected chi connectivity index (χ2v) is 14.3. The minimum atomic E-state index is -0.990. The topological polar surface area (TPSA) is 81.1 Å². The van der Waals surface area contributed by atoms with Gasteiger partial charge in [-0.3, -0.25) is 4.57 Å². The van der Waals surface area contributed by atoms with Gasteiger partial charge in [-0.2, -0.15) is 10.5 Å². The number of rotatable bonds is 3. The highest BCUT2D eigenvalue weighted by atomic mass is 16.5. The zero-order valence-electron chi connectivity index (χ0n) is 29.7. The van der Waals surface area contributed by atoms with Crippen molar-refractivity contribution in [3.8, 4) is 29.5 Å². The Morgan fingerprint density at radius 2 is 1.33 bits per heavy atom. The van der Waals surface area contributed by atoms with Gasteiger partial charge < -0.3 is 14.5 Å². The molecule has 0 amide bonds. The Labute approximate surface area is 317 Å². The van der Waals surface area contributed by atoms with Crippen LogP contribution in [0.3, 0.4) is 0 Å². The van der Waals surface area contributed by atoms with E-state index in [0.29, 0.717) is 29.3 Å². The molecule has 4 heterocycles. The number of para-hydroxylation sites is 2. The molecular formula is C48H30N6O. The molecule has 11 rings (SSSR count). The summed E-state index contributed by atoms with van der Waals surface area (Å²) in [5.74, 6) is 2.22. The van der Waals surface area contributed by atoms with Crippen LogP contribution in [0.2, 0.25) is 0 Å². The normalized spacial score (nSPS) is 14.2. The van der Waals surface area contributed by atoms with Crippen LogP contribution in [0, 0.1) is 22.7 Å². The van der Waals surface area contributed by atoms with Crippen molar-refractivity contribution in [2.75, 3.05) is 23.5 Å². The van der Waals surface area contributed by atoms with Gasteiger partial charge in [0.05, 0.1) is 63.4 Å². The van der Waals surface area contributed by atoms with E-state index in [-0.39, 0.29) is 0 Å². The van der Waals surface area contributed by atoms with Crippen molar-refractivity contribution in [3.05, 3.63) is 184 Å². The monoisotopic (exact) mass is 706 g/mol. The molecule has 2 aromatic heterocycles. The third-order valence-corrected chi connectivity index (χ3v) is 11.5. The van der Waals surface area contributed by atoms with Gasteiger partial charge in [0.1, 0.15) is 17.3 Å². The first-order valence-electron chi connectivity index (χ1n) is 18.2. The van der Waals surface area contributed by atoms with Crippen LogP contribution in [0.25, 0.3) is 39.8 Å². The average molecular weight is 707 g/mol. The highest BCUT2D eigenvalue weighted by molar-refractivity contribution is 6.09. The molecule has 1 spiro atoms. The Morgan fingerprint density at radius 3 is 2.07 bits per heavy atom. The second-order valence-electron chi connectivity index (χ2n) is 14.3. The van der Waals surface area contributed by atoms with E-state index in [1.807, 2.05) is 60.8 Å². The van der Waals surface area contributed by atoms with Crippen LogP contribution < -0.4 is 14.5 Å². The van der Waals surface area contributed by atoms with E-state index in [9.17, 15) is 10.5 Å². The molecule has 0 radical (unpaired) electrons. The molecule has 8 aromatic rings. The minimum absolute atomic E-state index is 0.572. The maximum Gasteiger partial charge on any atom is 0.137 e. The number of nitriles is 2. The van der Waals surface area contributed by atoms with Crippen LogP contribution in [0.1, 0.15) is 44.5 Å². The lowest BCUT2D eigenvalue weighted by Crippen LogP contribution is -2.40. The number of fused-ring (bicyclic) bond motifs is 11. The van der Waals surface area contributed by atoms with E-state index in [0.717, 1.165) is 78.1 Å². The van der Waals surface area contributed by atoms with Crippen LogP contribution in [0.5, 0.6) is 11.5 Å². The van der Waals surface area contributed by atoms with Crippen molar-refractivity contribution < 1.29 is 4.74 Å². The number of pyridine rings is 1. The lowest BCUT2D eigenvalue weighted by molar-refractivity contribution is 0.482. The molecule has 0 fully saturated rings. The first-order chi connectivity index (χ1) is 27.1. The molecule has 2 aliphatic heterocycles. The standard InChI is InChI=1S/C48H30N6O/c1-52-29-53-43-26-35(55-34-20-22-37-36-13-2-3-15-40(36)54(42(37)25-34)44-17-4-5-24-51-44)21-23-38(43)48(39-14-8-16-41(52)47(39)53)45-30(9-6-11-32(45)27-49)18-19-31-10-7-12-33(28-50)46(31)48/h2-26H,29H2,1H3. The fourth-order valence-electron chi connectivity index (χ4n) is 9.41. The van der Waals surface area contributed by atoms with Crippen molar-refractivity contribution in [1.29, 1.82) is 10.5 Å². The number of ether oxygens (including phenoxy) is 1. The van der Waals surface area contributed by atoms with E-state index < -0.39 is 5.41 Å². The molecule has 6 aromatic carbocycles. The molecule has 0 unspecified atom stereocenters. The molecule has 0 saturated heterocycles.